The van der Waals surface area contributed by atoms with E-state index in [9.17, 15) is 4.39 Å². The van der Waals surface area contributed by atoms with Gasteiger partial charge in [-0.3, -0.25) is 9.80 Å². The molecular formula is C21H22ClFN4O. The van der Waals surface area contributed by atoms with E-state index in [4.69, 9.17) is 16.1 Å². The Morgan fingerprint density at radius 3 is 2.39 bits per heavy atom. The zero-order chi connectivity index (χ0) is 19.5. The van der Waals surface area contributed by atoms with Crippen LogP contribution < -0.4 is 0 Å². The minimum atomic E-state index is -0.196. The molecule has 146 valence electrons. The van der Waals surface area contributed by atoms with Crippen LogP contribution in [-0.4, -0.2) is 46.1 Å². The molecule has 4 rings (SSSR count). The van der Waals surface area contributed by atoms with Gasteiger partial charge < -0.3 is 4.52 Å². The highest BCUT2D eigenvalue weighted by molar-refractivity contribution is 6.30. The molecule has 5 nitrogen and oxygen atoms in total. The van der Waals surface area contributed by atoms with Crippen molar-refractivity contribution in [1.29, 1.82) is 0 Å². The summed E-state index contributed by atoms with van der Waals surface area (Å²) in [6, 6.07) is 14.4. The van der Waals surface area contributed by atoms with Gasteiger partial charge in [-0.05, 0) is 48.9 Å². The van der Waals surface area contributed by atoms with Gasteiger partial charge in [0.25, 0.3) is 0 Å². The van der Waals surface area contributed by atoms with E-state index in [1.165, 1.54) is 12.1 Å². The lowest BCUT2D eigenvalue weighted by atomic mass is 10.1. The van der Waals surface area contributed by atoms with Crippen molar-refractivity contribution in [1.82, 2.24) is 19.9 Å². The SMILES string of the molecule is CC(c1ccc(F)cc1)N1CCN(Cc2nc(-c3ccc(Cl)cc3)no2)CC1. The summed E-state index contributed by atoms with van der Waals surface area (Å²) in [6.07, 6.45) is 0. The normalized spacial score (nSPS) is 17.0. The molecule has 1 fully saturated rings. The Bertz CT molecular complexity index is 905. The van der Waals surface area contributed by atoms with Gasteiger partial charge in [-0.25, -0.2) is 4.39 Å². The predicted octanol–water partition coefficient (Wildman–Crippen LogP) is 4.41. The second kappa shape index (κ2) is 8.39. The van der Waals surface area contributed by atoms with Crippen molar-refractivity contribution in [2.75, 3.05) is 26.2 Å². The highest BCUT2D eigenvalue weighted by atomic mass is 35.5. The fourth-order valence-corrected chi connectivity index (χ4v) is 3.61. The van der Waals surface area contributed by atoms with E-state index in [-0.39, 0.29) is 11.9 Å². The van der Waals surface area contributed by atoms with Crippen molar-refractivity contribution < 1.29 is 8.91 Å². The van der Waals surface area contributed by atoms with Crippen LogP contribution in [0.1, 0.15) is 24.4 Å². The van der Waals surface area contributed by atoms with Gasteiger partial charge in [0.1, 0.15) is 5.82 Å². The molecule has 0 aliphatic carbocycles. The molecule has 0 bridgehead atoms. The van der Waals surface area contributed by atoms with Crippen LogP contribution in [0.15, 0.2) is 53.1 Å². The van der Waals surface area contributed by atoms with Crippen molar-refractivity contribution in [3.63, 3.8) is 0 Å². The number of piperazine rings is 1. The molecule has 7 heteroatoms. The summed E-state index contributed by atoms with van der Waals surface area (Å²) < 4.78 is 18.6. The maximum Gasteiger partial charge on any atom is 0.241 e. The Balaban J connectivity index is 1.32. The van der Waals surface area contributed by atoms with Crippen molar-refractivity contribution in [3.05, 3.63) is 70.8 Å². The Morgan fingerprint density at radius 2 is 1.71 bits per heavy atom. The molecule has 0 spiro atoms. The molecule has 2 heterocycles. The van der Waals surface area contributed by atoms with Crippen molar-refractivity contribution in [3.8, 4) is 11.4 Å². The molecule has 28 heavy (non-hydrogen) atoms. The monoisotopic (exact) mass is 400 g/mol. The summed E-state index contributed by atoms with van der Waals surface area (Å²) in [5.74, 6) is 0.999. The highest BCUT2D eigenvalue weighted by Gasteiger charge is 2.23. The quantitative estimate of drug-likeness (QED) is 0.634. The third-order valence-corrected chi connectivity index (χ3v) is 5.49. The smallest absolute Gasteiger partial charge is 0.241 e. The Labute approximate surface area is 168 Å². The number of benzene rings is 2. The molecular weight excluding hydrogens is 379 g/mol. The molecule has 1 aromatic heterocycles. The van der Waals surface area contributed by atoms with E-state index in [2.05, 4.69) is 26.9 Å². The lowest BCUT2D eigenvalue weighted by Crippen LogP contribution is -2.46. The lowest BCUT2D eigenvalue weighted by molar-refractivity contribution is 0.0905. The number of hydrogen-bond acceptors (Lipinski definition) is 5. The van der Waals surface area contributed by atoms with Gasteiger partial charge >= 0.3 is 0 Å². The van der Waals surface area contributed by atoms with Crippen LogP contribution in [0.4, 0.5) is 4.39 Å². The molecule has 1 aliphatic rings. The number of aromatic nitrogens is 2. The largest absolute Gasteiger partial charge is 0.338 e. The third-order valence-electron chi connectivity index (χ3n) is 5.24. The molecule has 2 aromatic carbocycles. The molecule has 1 aliphatic heterocycles. The van der Waals surface area contributed by atoms with Gasteiger partial charge in [0.05, 0.1) is 6.54 Å². The summed E-state index contributed by atoms with van der Waals surface area (Å²) in [7, 11) is 0. The van der Waals surface area contributed by atoms with Gasteiger partial charge in [0.2, 0.25) is 11.7 Å². The zero-order valence-corrected chi connectivity index (χ0v) is 16.4. The summed E-state index contributed by atoms with van der Waals surface area (Å²) >= 11 is 5.92. The van der Waals surface area contributed by atoms with Gasteiger partial charge in [-0.2, -0.15) is 4.98 Å². The fourth-order valence-electron chi connectivity index (χ4n) is 3.49. The van der Waals surface area contributed by atoms with Crippen molar-refractivity contribution >= 4 is 11.6 Å². The minimum Gasteiger partial charge on any atom is -0.338 e. The molecule has 1 unspecified atom stereocenters. The molecule has 3 aromatic rings. The zero-order valence-electron chi connectivity index (χ0n) is 15.7. The first-order chi connectivity index (χ1) is 13.6. The average Bonchev–Trinajstić information content (AvgIpc) is 3.18. The van der Waals surface area contributed by atoms with Gasteiger partial charge in [0, 0.05) is 42.8 Å². The third kappa shape index (κ3) is 4.41. The number of nitrogens with zero attached hydrogens (tertiary/aromatic N) is 4. The molecule has 0 saturated carbocycles. The first-order valence-electron chi connectivity index (χ1n) is 9.39. The van der Waals surface area contributed by atoms with Crippen LogP contribution in [-0.2, 0) is 6.54 Å². The average molecular weight is 401 g/mol. The predicted molar refractivity (Wildman–Crippen MR) is 106 cm³/mol. The second-order valence-electron chi connectivity index (χ2n) is 7.06. The van der Waals surface area contributed by atoms with Crippen LogP contribution in [0.25, 0.3) is 11.4 Å². The first kappa shape index (κ1) is 19.1. The summed E-state index contributed by atoms with van der Waals surface area (Å²) in [4.78, 5) is 9.23. The lowest BCUT2D eigenvalue weighted by Gasteiger charge is -2.37. The van der Waals surface area contributed by atoms with Crippen LogP contribution >= 0.6 is 11.6 Å². The maximum atomic E-state index is 13.1. The standard InChI is InChI=1S/C21H22ClFN4O/c1-15(16-4-8-19(23)9-5-16)27-12-10-26(11-13-27)14-20-24-21(25-28-20)17-2-6-18(22)7-3-17/h2-9,15H,10-14H2,1H3. The van der Waals surface area contributed by atoms with Crippen LogP contribution in [0.2, 0.25) is 5.02 Å². The first-order valence-corrected chi connectivity index (χ1v) is 9.77. The Morgan fingerprint density at radius 1 is 1.04 bits per heavy atom. The maximum absolute atomic E-state index is 13.1. The number of hydrogen-bond donors (Lipinski definition) is 0. The van der Waals surface area contributed by atoms with Gasteiger partial charge in [-0.15, -0.1) is 0 Å². The summed E-state index contributed by atoms with van der Waals surface area (Å²) in [6.45, 7) is 6.53. The van der Waals surface area contributed by atoms with Crippen LogP contribution in [0.5, 0.6) is 0 Å². The van der Waals surface area contributed by atoms with Crippen LogP contribution in [0, 0.1) is 5.82 Å². The Hall–Kier alpha value is -2.28. The van der Waals surface area contributed by atoms with E-state index >= 15 is 0 Å². The van der Waals surface area contributed by atoms with Crippen molar-refractivity contribution in [2.24, 2.45) is 0 Å². The van der Waals surface area contributed by atoms with E-state index in [0.29, 0.717) is 23.3 Å². The topological polar surface area (TPSA) is 45.4 Å². The molecule has 0 amide bonds. The van der Waals surface area contributed by atoms with Gasteiger partial charge in [0.15, 0.2) is 0 Å². The van der Waals surface area contributed by atoms with E-state index < -0.39 is 0 Å². The van der Waals surface area contributed by atoms with E-state index in [1.807, 2.05) is 36.4 Å². The second-order valence-corrected chi connectivity index (χ2v) is 7.49. The van der Waals surface area contributed by atoms with Crippen molar-refractivity contribution in [2.45, 2.75) is 19.5 Å². The summed E-state index contributed by atoms with van der Waals surface area (Å²) in [5.41, 5.74) is 2.02. The Kier molecular flexibility index (Phi) is 5.71. The number of halogens is 2. The highest BCUT2D eigenvalue weighted by Crippen LogP contribution is 2.23. The van der Waals surface area contributed by atoms with E-state index in [0.717, 1.165) is 37.3 Å². The summed E-state index contributed by atoms with van der Waals surface area (Å²) in [5, 5.41) is 4.76. The molecule has 1 atom stereocenters. The minimum absolute atomic E-state index is 0.196. The fraction of sp³-hybridized carbons (Fsp3) is 0.333. The molecule has 1 saturated heterocycles. The van der Waals surface area contributed by atoms with Gasteiger partial charge in [-0.1, -0.05) is 28.9 Å². The molecule has 0 N–H and O–H groups in total. The molecule has 0 radical (unpaired) electrons. The van der Waals surface area contributed by atoms with Crippen LogP contribution in [0.3, 0.4) is 0 Å². The number of rotatable bonds is 5. The van der Waals surface area contributed by atoms with E-state index in [1.54, 1.807) is 0 Å².